The molecule has 2 unspecified atom stereocenters. The van der Waals surface area contributed by atoms with Gasteiger partial charge in [-0.1, -0.05) is 30.3 Å². The molecule has 1 saturated heterocycles. The Bertz CT molecular complexity index is 391. The lowest BCUT2D eigenvalue weighted by molar-refractivity contribution is -0.143. The lowest BCUT2D eigenvalue weighted by Crippen LogP contribution is -2.37. The van der Waals surface area contributed by atoms with Crippen molar-refractivity contribution in [1.29, 1.82) is 0 Å². The van der Waals surface area contributed by atoms with Gasteiger partial charge in [0, 0.05) is 12.6 Å². The molecule has 1 aromatic carbocycles. The first-order valence-corrected chi connectivity index (χ1v) is 6.52. The molecule has 1 heterocycles. The Morgan fingerprint density at radius 1 is 1.26 bits per heavy atom. The predicted octanol–water partition coefficient (Wildman–Crippen LogP) is 2.44. The van der Waals surface area contributed by atoms with Gasteiger partial charge in [-0.2, -0.15) is 13.2 Å². The van der Waals surface area contributed by atoms with Crippen LogP contribution in [0.25, 0.3) is 0 Å². The van der Waals surface area contributed by atoms with E-state index >= 15 is 0 Å². The Hall–Kier alpha value is -1.07. The highest BCUT2D eigenvalue weighted by Crippen LogP contribution is 2.25. The summed E-state index contributed by atoms with van der Waals surface area (Å²) in [6.45, 7) is 0.127. The summed E-state index contributed by atoms with van der Waals surface area (Å²) in [5.41, 5.74) is 7.27. The van der Waals surface area contributed by atoms with E-state index in [2.05, 4.69) is 0 Å². The van der Waals surface area contributed by atoms with Crippen LogP contribution in [-0.2, 0) is 6.42 Å². The van der Waals surface area contributed by atoms with Crippen LogP contribution in [0.15, 0.2) is 30.3 Å². The van der Waals surface area contributed by atoms with Crippen molar-refractivity contribution >= 4 is 0 Å². The van der Waals surface area contributed by atoms with Crippen LogP contribution < -0.4 is 5.73 Å². The minimum absolute atomic E-state index is 0.0689. The van der Waals surface area contributed by atoms with Gasteiger partial charge >= 0.3 is 6.18 Å². The second-order valence-electron chi connectivity index (χ2n) is 5.25. The predicted molar refractivity (Wildman–Crippen MR) is 68.7 cm³/mol. The van der Waals surface area contributed by atoms with E-state index in [0.717, 1.165) is 18.4 Å². The number of likely N-dealkylation sites (tertiary alicyclic amines) is 1. The monoisotopic (exact) mass is 272 g/mol. The third-order valence-electron chi connectivity index (χ3n) is 3.63. The van der Waals surface area contributed by atoms with Crippen LogP contribution >= 0.6 is 0 Å². The van der Waals surface area contributed by atoms with Crippen LogP contribution in [0.3, 0.4) is 0 Å². The van der Waals surface area contributed by atoms with Crippen molar-refractivity contribution < 1.29 is 13.2 Å². The molecule has 0 amide bonds. The Balaban J connectivity index is 1.83. The number of benzene rings is 1. The number of hydrogen-bond donors (Lipinski definition) is 1. The molecule has 1 aromatic rings. The summed E-state index contributed by atoms with van der Waals surface area (Å²) in [7, 11) is 0. The minimum atomic E-state index is -4.11. The van der Waals surface area contributed by atoms with Crippen molar-refractivity contribution in [3.8, 4) is 0 Å². The van der Waals surface area contributed by atoms with Gasteiger partial charge in [0.1, 0.15) is 0 Å². The maximum Gasteiger partial charge on any atom is 0.401 e. The smallest absolute Gasteiger partial charge is 0.327 e. The van der Waals surface area contributed by atoms with Crippen molar-refractivity contribution in [2.24, 2.45) is 11.7 Å². The first-order valence-electron chi connectivity index (χ1n) is 6.52. The van der Waals surface area contributed by atoms with Crippen LogP contribution in [0.2, 0.25) is 0 Å². The fraction of sp³-hybridized carbons (Fsp3) is 0.571. The van der Waals surface area contributed by atoms with Gasteiger partial charge < -0.3 is 5.73 Å². The summed E-state index contributed by atoms with van der Waals surface area (Å²) in [5, 5.41) is 0. The van der Waals surface area contributed by atoms with E-state index in [1.165, 1.54) is 4.90 Å². The molecule has 2 atom stereocenters. The maximum atomic E-state index is 12.3. The SMILES string of the molecule is NC(Cc1ccccc1)C1CCN(CC(F)(F)F)C1. The van der Waals surface area contributed by atoms with Crippen molar-refractivity contribution in [1.82, 2.24) is 4.90 Å². The average molecular weight is 272 g/mol. The molecule has 1 aliphatic heterocycles. The fourth-order valence-corrected chi connectivity index (χ4v) is 2.66. The van der Waals surface area contributed by atoms with Crippen LogP contribution in [0, 0.1) is 5.92 Å². The van der Waals surface area contributed by atoms with E-state index in [1.807, 2.05) is 30.3 Å². The van der Waals surface area contributed by atoms with Crippen LogP contribution in [0.4, 0.5) is 13.2 Å². The zero-order valence-corrected chi connectivity index (χ0v) is 10.7. The maximum absolute atomic E-state index is 12.3. The Kier molecular flexibility index (Phi) is 4.47. The number of halogens is 3. The molecule has 0 aromatic heterocycles. The van der Waals surface area contributed by atoms with Crippen LogP contribution in [0.1, 0.15) is 12.0 Å². The molecule has 5 heteroatoms. The lowest BCUT2D eigenvalue weighted by Gasteiger charge is -2.21. The molecule has 2 nitrogen and oxygen atoms in total. The normalized spacial score (nSPS) is 22.6. The number of hydrogen-bond acceptors (Lipinski definition) is 2. The van der Waals surface area contributed by atoms with Gasteiger partial charge in [-0.05, 0) is 30.9 Å². The average Bonchev–Trinajstić information content (AvgIpc) is 2.76. The van der Waals surface area contributed by atoms with Gasteiger partial charge in [0.2, 0.25) is 0 Å². The van der Waals surface area contributed by atoms with Crippen LogP contribution in [0.5, 0.6) is 0 Å². The van der Waals surface area contributed by atoms with E-state index in [9.17, 15) is 13.2 Å². The van der Waals surface area contributed by atoms with E-state index in [0.29, 0.717) is 13.1 Å². The highest BCUT2D eigenvalue weighted by Gasteiger charge is 2.35. The highest BCUT2D eigenvalue weighted by atomic mass is 19.4. The number of nitrogens with two attached hydrogens (primary N) is 1. The summed E-state index contributed by atoms with van der Waals surface area (Å²) in [6.07, 6.45) is -2.63. The molecule has 106 valence electrons. The molecule has 2 N–H and O–H groups in total. The third-order valence-corrected chi connectivity index (χ3v) is 3.63. The van der Waals surface area contributed by atoms with Gasteiger partial charge in [-0.15, -0.1) is 0 Å². The minimum Gasteiger partial charge on any atom is -0.327 e. The lowest BCUT2D eigenvalue weighted by atomic mass is 9.94. The molecule has 0 aliphatic carbocycles. The summed E-state index contributed by atoms with van der Waals surface area (Å²) >= 11 is 0. The highest BCUT2D eigenvalue weighted by molar-refractivity contribution is 5.16. The molecule has 1 fully saturated rings. The molecule has 0 radical (unpaired) electrons. The first-order chi connectivity index (χ1) is 8.94. The van der Waals surface area contributed by atoms with E-state index in [-0.39, 0.29) is 12.0 Å². The van der Waals surface area contributed by atoms with E-state index < -0.39 is 12.7 Å². The quantitative estimate of drug-likeness (QED) is 0.912. The Morgan fingerprint density at radius 2 is 1.95 bits per heavy atom. The zero-order chi connectivity index (χ0) is 13.9. The van der Waals surface area contributed by atoms with Gasteiger partial charge in [0.05, 0.1) is 6.54 Å². The van der Waals surface area contributed by atoms with E-state index in [1.54, 1.807) is 0 Å². The van der Waals surface area contributed by atoms with Gasteiger partial charge in [0.15, 0.2) is 0 Å². The number of rotatable bonds is 4. The Labute approximate surface area is 111 Å². The molecule has 0 saturated carbocycles. The van der Waals surface area contributed by atoms with Crippen molar-refractivity contribution in [2.75, 3.05) is 19.6 Å². The second kappa shape index (κ2) is 5.92. The van der Waals surface area contributed by atoms with Gasteiger partial charge in [-0.25, -0.2) is 0 Å². The standard InChI is InChI=1S/C14H19F3N2/c15-14(16,17)10-19-7-6-12(9-19)13(18)8-11-4-2-1-3-5-11/h1-5,12-13H,6-10,18H2. The molecule has 19 heavy (non-hydrogen) atoms. The van der Waals surface area contributed by atoms with E-state index in [4.69, 9.17) is 5.73 Å². The van der Waals surface area contributed by atoms with Gasteiger partial charge in [0.25, 0.3) is 0 Å². The third kappa shape index (κ3) is 4.51. The van der Waals surface area contributed by atoms with Crippen molar-refractivity contribution in [3.63, 3.8) is 0 Å². The largest absolute Gasteiger partial charge is 0.401 e. The van der Waals surface area contributed by atoms with Gasteiger partial charge in [-0.3, -0.25) is 4.90 Å². The Morgan fingerprint density at radius 3 is 2.58 bits per heavy atom. The fourth-order valence-electron chi connectivity index (χ4n) is 2.66. The molecule has 0 bridgehead atoms. The van der Waals surface area contributed by atoms with Crippen molar-refractivity contribution in [3.05, 3.63) is 35.9 Å². The molecule has 1 aliphatic rings. The first kappa shape index (κ1) is 14.3. The molecule has 0 spiro atoms. The molecular weight excluding hydrogens is 253 g/mol. The molecule has 2 rings (SSSR count). The second-order valence-corrected chi connectivity index (χ2v) is 5.25. The molecular formula is C14H19F3N2. The van der Waals surface area contributed by atoms with Crippen molar-refractivity contribution in [2.45, 2.75) is 25.1 Å². The summed E-state index contributed by atoms with van der Waals surface area (Å²) < 4.78 is 36.9. The summed E-state index contributed by atoms with van der Waals surface area (Å²) in [5.74, 6) is 0.155. The number of alkyl halides is 3. The number of nitrogens with zero attached hydrogens (tertiary/aromatic N) is 1. The summed E-state index contributed by atoms with van der Waals surface area (Å²) in [6, 6.07) is 9.78. The zero-order valence-electron chi connectivity index (χ0n) is 10.7. The summed E-state index contributed by atoms with van der Waals surface area (Å²) in [4.78, 5) is 1.45. The van der Waals surface area contributed by atoms with Crippen LogP contribution in [-0.4, -0.2) is 36.8 Å². The topological polar surface area (TPSA) is 29.3 Å².